The van der Waals surface area contributed by atoms with Gasteiger partial charge in [-0.05, 0) is 12.8 Å². The van der Waals surface area contributed by atoms with Crippen LogP contribution in [0.25, 0.3) is 0 Å². The average molecular weight is 196 g/mol. The molecule has 14 heavy (non-hydrogen) atoms. The van der Waals surface area contributed by atoms with Gasteiger partial charge in [-0.15, -0.1) is 11.8 Å². The molecule has 0 bridgehead atoms. The van der Waals surface area contributed by atoms with Gasteiger partial charge in [-0.1, -0.05) is 19.8 Å². The Labute approximate surface area is 87.0 Å². The van der Waals surface area contributed by atoms with Gasteiger partial charge in [0.15, 0.2) is 0 Å². The molecule has 0 spiro atoms. The van der Waals surface area contributed by atoms with Crippen LogP contribution in [-0.4, -0.2) is 12.6 Å². The number of carbonyl (C=O) groups excluding carboxylic acids is 1. The van der Waals surface area contributed by atoms with Gasteiger partial charge in [-0.2, -0.15) is 0 Å². The summed E-state index contributed by atoms with van der Waals surface area (Å²) in [5, 5.41) is 0. The molecule has 0 heterocycles. The van der Waals surface area contributed by atoms with Crippen molar-refractivity contribution in [3.63, 3.8) is 0 Å². The molecule has 0 aliphatic heterocycles. The molecule has 0 unspecified atom stereocenters. The summed E-state index contributed by atoms with van der Waals surface area (Å²) < 4.78 is 4.82. The molecule has 0 aromatic rings. The number of esters is 1. The molecule has 0 aromatic carbocycles. The van der Waals surface area contributed by atoms with E-state index in [1.807, 2.05) is 0 Å². The van der Waals surface area contributed by atoms with E-state index in [-0.39, 0.29) is 5.97 Å². The lowest BCUT2D eigenvalue weighted by atomic mass is 10.1. The van der Waals surface area contributed by atoms with Crippen molar-refractivity contribution in [1.82, 2.24) is 0 Å². The molecule has 0 radical (unpaired) electrons. The van der Waals surface area contributed by atoms with E-state index in [4.69, 9.17) is 4.74 Å². The maximum Gasteiger partial charge on any atom is 0.302 e. The fourth-order valence-corrected chi connectivity index (χ4v) is 1.10. The van der Waals surface area contributed by atoms with E-state index in [1.165, 1.54) is 13.3 Å². The third-order valence-corrected chi connectivity index (χ3v) is 1.80. The van der Waals surface area contributed by atoms with Crippen LogP contribution < -0.4 is 0 Å². The second kappa shape index (κ2) is 10.1. The van der Waals surface area contributed by atoms with E-state index in [9.17, 15) is 4.79 Å². The third-order valence-electron chi connectivity index (χ3n) is 1.80. The monoisotopic (exact) mass is 196 g/mol. The highest BCUT2D eigenvalue weighted by atomic mass is 16.5. The summed E-state index contributed by atoms with van der Waals surface area (Å²) in [6.45, 7) is 4.07. The number of carbonyl (C=O) groups is 1. The Kier molecular flexibility index (Phi) is 9.41. The zero-order chi connectivity index (χ0) is 10.6. The molecule has 0 saturated carbocycles. The van der Waals surface area contributed by atoms with Crippen LogP contribution in [0.4, 0.5) is 0 Å². The molecule has 2 nitrogen and oxygen atoms in total. The minimum absolute atomic E-state index is 0.182. The minimum Gasteiger partial charge on any atom is -0.466 e. The molecule has 0 atom stereocenters. The van der Waals surface area contributed by atoms with Crippen molar-refractivity contribution < 1.29 is 9.53 Å². The van der Waals surface area contributed by atoms with E-state index in [1.54, 1.807) is 0 Å². The maximum atomic E-state index is 10.4. The molecular weight excluding hydrogens is 176 g/mol. The summed E-state index contributed by atoms with van der Waals surface area (Å²) in [5.41, 5.74) is 0. The molecule has 2 heteroatoms. The lowest BCUT2D eigenvalue weighted by molar-refractivity contribution is -0.141. The number of hydrogen-bond donors (Lipinski definition) is 0. The number of rotatable bonds is 6. The van der Waals surface area contributed by atoms with Gasteiger partial charge in [-0.25, -0.2) is 0 Å². The summed E-state index contributed by atoms with van der Waals surface area (Å²) in [4.78, 5) is 10.4. The van der Waals surface area contributed by atoms with E-state index in [0.29, 0.717) is 6.61 Å². The second-order valence-electron chi connectivity index (χ2n) is 3.21. The summed E-state index contributed by atoms with van der Waals surface area (Å²) in [7, 11) is 0. The van der Waals surface area contributed by atoms with Gasteiger partial charge >= 0.3 is 5.97 Å². The first-order valence-corrected chi connectivity index (χ1v) is 5.36. The Hall–Kier alpha value is -0.970. The van der Waals surface area contributed by atoms with Crippen LogP contribution in [0.1, 0.15) is 52.4 Å². The number of hydrogen-bond acceptors (Lipinski definition) is 2. The van der Waals surface area contributed by atoms with E-state index in [0.717, 1.165) is 32.1 Å². The van der Waals surface area contributed by atoms with Gasteiger partial charge in [0, 0.05) is 19.8 Å². The van der Waals surface area contributed by atoms with Gasteiger partial charge < -0.3 is 4.74 Å². The van der Waals surface area contributed by atoms with Gasteiger partial charge in [0.25, 0.3) is 0 Å². The van der Waals surface area contributed by atoms with Crippen LogP contribution in [0.15, 0.2) is 0 Å². The first-order valence-electron chi connectivity index (χ1n) is 5.36. The van der Waals surface area contributed by atoms with Gasteiger partial charge in [0.1, 0.15) is 0 Å². The summed E-state index contributed by atoms with van der Waals surface area (Å²) in [6.07, 6.45) is 6.39. The predicted octanol–water partition coefficient (Wildman–Crippen LogP) is 2.91. The number of ether oxygens (including phenoxy) is 1. The fourth-order valence-electron chi connectivity index (χ4n) is 1.10. The van der Waals surface area contributed by atoms with Crippen LogP contribution in [0.5, 0.6) is 0 Å². The van der Waals surface area contributed by atoms with E-state index >= 15 is 0 Å². The van der Waals surface area contributed by atoms with E-state index < -0.39 is 0 Å². The lowest BCUT2D eigenvalue weighted by Crippen LogP contribution is -1.99. The predicted molar refractivity (Wildman–Crippen MR) is 57.8 cm³/mol. The van der Waals surface area contributed by atoms with Crippen LogP contribution in [0.3, 0.4) is 0 Å². The highest BCUT2D eigenvalue weighted by Gasteiger charge is 1.92. The highest BCUT2D eigenvalue weighted by molar-refractivity contribution is 5.65. The molecule has 80 valence electrons. The Morgan fingerprint density at radius 3 is 2.50 bits per heavy atom. The average Bonchev–Trinajstić information content (AvgIpc) is 2.15. The molecule has 0 saturated heterocycles. The summed E-state index contributed by atoms with van der Waals surface area (Å²) >= 11 is 0. The van der Waals surface area contributed by atoms with Crippen LogP contribution >= 0.6 is 0 Å². The van der Waals surface area contributed by atoms with Gasteiger partial charge in [-0.3, -0.25) is 4.79 Å². The Bertz CT molecular complexity index is 198. The second-order valence-corrected chi connectivity index (χ2v) is 3.21. The first-order chi connectivity index (χ1) is 6.77. The maximum absolute atomic E-state index is 10.4. The molecule has 0 rings (SSSR count). The molecule has 0 fully saturated rings. The summed E-state index contributed by atoms with van der Waals surface area (Å²) in [5.74, 6) is 5.97. The highest BCUT2D eigenvalue weighted by Crippen LogP contribution is 2.02. The van der Waals surface area contributed by atoms with Gasteiger partial charge in [0.2, 0.25) is 0 Å². The van der Waals surface area contributed by atoms with Crippen LogP contribution in [-0.2, 0) is 9.53 Å². The molecule has 0 N–H and O–H groups in total. The largest absolute Gasteiger partial charge is 0.466 e. The molecule has 0 aromatic heterocycles. The smallest absolute Gasteiger partial charge is 0.302 e. The fraction of sp³-hybridized carbons (Fsp3) is 0.750. The normalized spacial score (nSPS) is 9.00. The minimum atomic E-state index is -0.182. The molecule has 0 aliphatic carbocycles. The van der Waals surface area contributed by atoms with Crippen molar-refractivity contribution in [3.05, 3.63) is 0 Å². The quantitative estimate of drug-likeness (QED) is 0.371. The zero-order valence-corrected chi connectivity index (χ0v) is 9.27. The topological polar surface area (TPSA) is 26.3 Å². The third kappa shape index (κ3) is 11.0. The van der Waals surface area contributed by atoms with Crippen molar-refractivity contribution in [1.29, 1.82) is 0 Å². The zero-order valence-electron chi connectivity index (χ0n) is 9.27. The number of unbranched alkanes of at least 4 members (excludes halogenated alkanes) is 4. The lowest BCUT2D eigenvalue weighted by Gasteiger charge is -2.00. The Balaban J connectivity index is 3.03. The Morgan fingerprint density at radius 2 is 1.86 bits per heavy atom. The van der Waals surface area contributed by atoms with E-state index in [2.05, 4.69) is 18.8 Å². The van der Waals surface area contributed by atoms with Crippen molar-refractivity contribution in [2.75, 3.05) is 6.61 Å². The standard InChI is InChI=1S/C12H20O2/c1-3-4-5-6-7-8-9-10-11-14-12(2)13/h3,6-11H2,1-2H3. The van der Waals surface area contributed by atoms with Crippen molar-refractivity contribution in [2.24, 2.45) is 0 Å². The molecule has 0 amide bonds. The van der Waals surface area contributed by atoms with Crippen molar-refractivity contribution >= 4 is 5.97 Å². The van der Waals surface area contributed by atoms with Crippen molar-refractivity contribution in [3.8, 4) is 11.8 Å². The molecular formula is C12H20O2. The van der Waals surface area contributed by atoms with Crippen molar-refractivity contribution in [2.45, 2.75) is 52.4 Å². The first kappa shape index (κ1) is 13.0. The SMILES string of the molecule is CCC#CCCCCCCOC(C)=O. The van der Waals surface area contributed by atoms with Gasteiger partial charge in [0.05, 0.1) is 6.61 Å². The summed E-state index contributed by atoms with van der Waals surface area (Å²) in [6, 6.07) is 0. The van der Waals surface area contributed by atoms with Crippen LogP contribution in [0, 0.1) is 11.8 Å². The van der Waals surface area contributed by atoms with Crippen LogP contribution in [0.2, 0.25) is 0 Å². The Morgan fingerprint density at radius 1 is 1.14 bits per heavy atom. The molecule has 0 aliphatic rings.